The zero-order chi connectivity index (χ0) is 23.9. The molecule has 192 valence electrons. The van der Waals surface area contributed by atoms with E-state index >= 15 is 8.78 Å². The lowest BCUT2D eigenvalue weighted by Gasteiger charge is -2.42. The summed E-state index contributed by atoms with van der Waals surface area (Å²) in [5.41, 5.74) is 2.56. The summed E-state index contributed by atoms with van der Waals surface area (Å²) in [6.07, 6.45) is 23.4. The van der Waals surface area contributed by atoms with Gasteiger partial charge in [0.05, 0.1) is 0 Å². The average molecular weight is 473 g/mol. The van der Waals surface area contributed by atoms with Crippen molar-refractivity contribution in [3.8, 4) is 0 Å². The van der Waals surface area contributed by atoms with Crippen LogP contribution in [0, 0.1) is 35.3 Å². The van der Waals surface area contributed by atoms with Gasteiger partial charge in [0, 0.05) is 0 Å². The van der Waals surface area contributed by atoms with E-state index in [1.807, 2.05) is 0 Å². The normalized spacial score (nSPS) is 29.0. The van der Waals surface area contributed by atoms with Crippen LogP contribution in [-0.4, -0.2) is 0 Å². The summed E-state index contributed by atoms with van der Waals surface area (Å²) in [5.74, 6) is 2.26. The third kappa shape index (κ3) is 6.44. The zero-order valence-corrected chi connectivity index (χ0v) is 22.2. The van der Waals surface area contributed by atoms with Crippen molar-refractivity contribution in [2.24, 2.45) is 23.7 Å². The first-order valence-corrected chi connectivity index (χ1v) is 15.1. The van der Waals surface area contributed by atoms with Gasteiger partial charge in [-0.1, -0.05) is 90.5 Å². The number of halogens is 2. The van der Waals surface area contributed by atoms with Crippen molar-refractivity contribution in [2.45, 2.75) is 142 Å². The number of aryl methyl sites for hydroxylation is 1. The first kappa shape index (κ1) is 26.2. The van der Waals surface area contributed by atoms with Crippen LogP contribution in [0.15, 0.2) is 6.07 Å². The Morgan fingerprint density at radius 3 is 2.12 bits per heavy atom. The van der Waals surface area contributed by atoms with Crippen LogP contribution in [0.5, 0.6) is 0 Å². The molecule has 0 radical (unpaired) electrons. The van der Waals surface area contributed by atoms with Crippen LogP contribution in [0.4, 0.5) is 8.78 Å². The number of hydrogen-bond acceptors (Lipinski definition) is 0. The average Bonchev–Trinajstić information content (AvgIpc) is 2.86. The van der Waals surface area contributed by atoms with Crippen LogP contribution in [0.1, 0.15) is 146 Å². The van der Waals surface area contributed by atoms with Crippen molar-refractivity contribution in [2.75, 3.05) is 0 Å². The molecule has 5 atom stereocenters. The summed E-state index contributed by atoms with van der Waals surface area (Å²) in [6.45, 7) is 4.52. The molecule has 2 heteroatoms. The van der Waals surface area contributed by atoms with Gasteiger partial charge in [0.15, 0.2) is 11.6 Å². The fourth-order valence-electron chi connectivity index (χ4n) is 7.73. The lowest BCUT2D eigenvalue weighted by Crippen LogP contribution is -2.31. The van der Waals surface area contributed by atoms with Crippen molar-refractivity contribution in [1.82, 2.24) is 0 Å². The van der Waals surface area contributed by atoms with Crippen LogP contribution in [0.2, 0.25) is 0 Å². The van der Waals surface area contributed by atoms with Gasteiger partial charge in [-0.15, -0.1) is 0 Å². The monoisotopic (exact) mass is 472 g/mol. The minimum atomic E-state index is -0.501. The van der Waals surface area contributed by atoms with Gasteiger partial charge >= 0.3 is 0 Å². The Balaban J connectivity index is 1.34. The molecule has 4 rings (SSSR count). The number of rotatable bonds is 11. The fourth-order valence-corrected chi connectivity index (χ4v) is 7.73. The Morgan fingerprint density at radius 1 is 0.706 bits per heavy atom. The maximum atomic E-state index is 15.4. The Morgan fingerprint density at radius 2 is 1.38 bits per heavy atom. The highest BCUT2D eigenvalue weighted by molar-refractivity contribution is 5.38. The largest absolute Gasteiger partial charge is 0.203 e. The third-order valence-corrected chi connectivity index (χ3v) is 9.84. The van der Waals surface area contributed by atoms with Gasteiger partial charge in [-0.2, -0.15) is 0 Å². The summed E-state index contributed by atoms with van der Waals surface area (Å²) in [5, 5.41) is 0. The minimum absolute atomic E-state index is 0.230. The van der Waals surface area contributed by atoms with Crippen LogP contribution in [0.3, 0.4) is 0 Å². The summed E-state index contributed by atoms with van der Waals surface area (Å²) >= 11 is 0. The molecule has 34 heavy (non-hydrogen) atoms. The zero-order valence-electron chi connectivity index (χ0n) is 22.2. The first-order chi connectivity index (χ1) is 16.6. The smallest absolute Gasteiger partial charge is 0.162 e. The highest BCUT2D eigenvalue weighted by atomic mass is 19.2. The Bertz CT molecular complexity index is 769. The minimum Gasteiger partial charge on any atom is -0.203 e. The van der Waals surface area contributed by atoms with Crippen LogP contribution in [-0.2, 0) is 12.8 Å². The van der Waals surface area contributed by atoms with E-state index in [9.17, 15) is 0 Å². The van der Waals surface area contributed by atoms with Crippen LogP contribution in [0.25, 0.3) is 0 Å². The van der Waals surface area contributed by atoms with Crippen molar-refractivity contribution >= 4 is 0 Å². The SMILES string of the molecule is CCCCCCC1CCc2cc(C3CCC4CC(CCCCCC)CCC4C3)c(F)c(F)c2C1. The van der Waals surface area contributed by atoms with Crippen LogP contribution >= 0.6 is 0 Å². The van der Waals surface area contributed by atoms with E-state index in [1.54, 1.807) is 0 Å². The Kier molecular flexibility index (Phi) is 9.89. The molecule has 0 spiro atoms. The first-order valence-electron chi connectivity index (χ1n) is 15.1. The molecule has 3 aliphatic rings. The molecule has 0 N–H and O–H groups in total. The second-order valence-corrected chi connectivity index (χ2v) is 12.2. The van der Waals surface area contributed by atoms with Crippen molar-refractivity contribution in [1.29, 1.82) is 0 Å². The predicted molar refractivity (Wildman–Crippen MR) is 140 cm³/mol. The number of unbranched alkanes of at least 4 members (excludes halogenated alkanes) is 6. The van der Waals surface area contributed by atoms with E-state index in [0.717, 1.165) is 61.0 Å². The van der Waals surface area contributed by atoms with Gasteiger partial charge in [0.25, 0.3) is 0 Å². The molecule has 0 saturated heterocycles. The number of benzene rings is 1. The standard InChI is InChI=1S/C32H50F2/c1-3-5-7-9-11-23-13-15-26-21-27(18-17-25(26)19-23)30-22-28-16-14-24(12-10-8-6-4-2)20-29(28)31(33)32(30)34/h22-27H,3-21H2,1-2H3. The molecule has 5 unspecified atom stereocenters. The molecule has 3 aliphatic carbocycles. The highest BCUT2D eigenvalue weighted by Gasteiger charge is 2.37. The van der Waals surface area contributed by atoms with Crippen molar-refractivity contribution in [3.63, 3.8) is 0 Å². The molecule has 0 nitrogen and oxygen atoms in total. The second-order valence-electron chi connectivity index (χ2n) is 12.2. The predicted octanol–water partition coefficient (Wildman–Crippen LogP) is 10.3. The van der Waals surface area contributed by atoms with Gasteiger partial charge in [-0.3, -0.25) is 0 Å². The van der Waals surface area contributed by atoms with Gasteiger partial charge in [-0.25, -0.2) is 8.78 Å². The fraction of sp³-hybridized carbons (Fsp3) is 0.812. The summed E-state index contributed by atoms with van der Waals surface area (Å²) < 4.78 is 30.7. The van der Waals surface area contributed by atoms with Crippen molar-refractivity contribution in [3.05, 3.63) is 34.4 Å². The summed E-state index contributed by atoms with van der Waals surface area (Å²) in [4.78, 5) is 0. The van der Waals surface area contributed by atoms with E-state index in [4.69, 9.17) is 0 Å². The molecule has 0 aromatic heterocycles. The maximum absolute atomic E-state index is 15.4. The molecule has 2 saturated carbocycles. The van der Waals surface area contributed by atoms with E-state index in [1.165, 1.54) is 89.9 Å². The second kappa shape index (κ2) is 12.9. The molecular formula is C32H50F2. The van der Waals surface area contributed by atoms with E-state index < -0.39 is 11.6 Å². The molecular weight excluding hydrogens is 422 g/mol. The highest BCUT2D eigenvalue weighted by Crippen LogP contribution is 2.49. The van der Waals surface area contributed by atoms with Crippen LogP contribution < -0.4 is 0 Å². The third-order valence-electron chi connectivity index (χ3n) is 9.84. The van der Waals surface area contributed by atoms with Gasteiger partial charge in [-0.05, 0) is 97.6 Å². The summed E-state index contributed by atoms with van der Waals surface area (Å²) in [6, 6.07) is 2.10. The van der Waals surface area contributed by atoms with Gasteiger partial charge in [0.2, 0.25) is 0 Å². The van der Waals surface area contributed by atoms with E-state index in [-0.39, 0.29) is 5.92 Å². The molecule has 0 bridgehead atoms. The molecule has 0 heterocycles. The quantitative estimate of drug-likeness (QED) is 0.281. The molecule has 1 aromatic carbocycles. The number of fused-ring (bicyclic) bond motifs is 2. The van der Waals surface area contributed by atoms with Gasteiger partial charge < -0.3 is 0 Å². The Labute approximate surface area is 208 Å². The lowest BCUT2D eigenvalue weighted by molar-refractivity contribution is 0.112. The molecule has 0 amide bonds. The maximum Gasteiger partial charge on any atom is 0.162 e. The molecule has 0 aliphatic heterocycles. The Hall–Kier alpha value is -0.920. The van der Waals surface area contributed by atoms with E-state index in [2.05, 4.69) is 19.9 Å². The number of hydrogen-bond donors (Lipinski definition) is 0. The molecule has 1 aromatic rings. The molecule has 2 fully saturated rings. The van der Waals surface area contributed by atoms with E-state index in [0.29, 0.717) is 11.5 Å². The van der Waals surface area contributed by atoms with Gasteiger partial charge in [0.1, 0.15) is 0 Å². The summed E-state index contributed by atoms with van der Waals surface area (Å²) in [7, 11) is 0. The van der Waals surface area contributed by atoms with Crippen molar-refractivity contribution < 1.29 is 8.78 Å². The topological polar surface area (TPSA) is 0 Å². The lowest BCUT2D eigenvalue weighted by atomic mass is 9.63.